The molecule has 0 spiro atoms. The lowest BCUT2D eigenvalue weighted by molar-refractivity contribution is -0.148. The molecule has 3 rings (SSSR count). The van der Waals surface area contributed by atoms with Crippen LogP contribution in [0.2, 0.25) is 0 Å². The Morgan fingerprint density at radius 3 is 3.09 bits per heavy atom. The number of thiazole rings is 1. The Balaban J connectivity index is 1.75. The van der Waals surface area contributed by atoms with Crippen molar-refractivity contribution in [3.63, 3.8) is 0 Å². The molecule has 122 valence electrons. The van der Waals surface area contributed by atoms with Crippen LogP contribution < -0.4 is 4.90 Å². The Bertz CT molecular complexity index is 686. The van der Waals surface area contributed by atoms with Crippen molar-refractivity contribution in [2.45, 2.75) is 19.8 Å². The van der Waals surface area contributed by atoms with E-state index in [1.54, 1.807) is 12.1 Å². The summed E-state index contributed by atoms with van der Waals surface area (Å²) in [4.78, 5) is 18.7. The van der Waals surface area contributed by atoms with E-state index in [1.807, 2.05) is 24.4 Å². The minimum Gasteiger partial charge on any atom is -0.507 e. The maximum Gasteiger partial charge on any atom is 0.310 e. The van der Waals surface area contributed by atoms with E-state index in [9.17, 15) is 9.90 Å². The molecule has 1 saturated heterocycles. The summed E-state index contributed by atoms with van der Waals surface area (Å²) in [5.74, 6) is 0.0308. The van der Waals surface area contributed by atoms with Crippen LogP contribution >= 0.6 is 11.3 Å². The highest BCUT2D eigenvalue weighted by atomic mass is 32.1. The van der Waals surface area contributed by atoms with Gasteiger partial charge in [0.05, 0.1) is 18.2 Å². The van der Waals surface area contributed by atoms with Crippen molar-refractivity contribution < 1.29 is 14.6 Å². The second kappa shape index (κ2) is 7.00. The number of esters is 1. The summed E-state index contributed by atoms with van der Waals surface area (Å²) in [5.41, 5.74) is 1.50. The molecule has 2 heterocycles. The van der Waals surface area contributed by atoms with Crippen LogP contribution in [0.4, 0.5) is 5.13 Å². The standard InChI is InChI=1S/C17H20N2O3S/c1-2-22-16(21)12-6-5-9-19(10-12)17-18-14(11-23-17)13-7-3-4-8-15(13)20/h3-4,7-8,11-12,20H,2,5-6,9-10H2,1H3/t12-/m0/s1. The first-order valence-corrected chi connectivity index (χ1v) is 8.72. The van der Waals surface area contributed by atoms with Crippen molar-refractivity contribution in [1.29, 1.82) is 0 Å². The number of rotatable bonds is 4. The van der Waals surface area contributed by atoms with Crippen molar-refractivity contribution in [1.82, 2.24) is 4.98 Å². The molecule has 5 nitrogen and oxygen atoms in total. The molecule has 0 bridgehead atoms. The molecule has 1 N–H and O–H groups in total. The number of hydrogen-bond donors (Lipinski definition) is 1. The van der Waals surface area contributed by atoms with Gasteiger partial charge in [0, 0.05) is 24.0 Å². The van der Waals surface area contributed by atoms with Crippen molar-refractivity contribution in [3.05, 3.63) is 29.6 Å². The summed E-state index contributed by atoms with van der Waals surface area (Å²) in [6.45, 7) is 3.79. The summed E-state index contributed by atoms with van der Waals surface area (Å²) >= 11 is 1.54. The number of aromatic nitrogens is 1. The summed E-state index contributed by atoms with van der Waals surface area (Å²) < 4.78 is 5.14. The fourth-order valence-corrected chi connectivity index (χ4v) is 3.69. The van der Waals surface area contributed by atoms with Crippen molar-refractivity contribution in [2.24, 2.45) is 5.92 Å². The minimum absolute atomic E-state index is 0.0822. The lowest BCUT2D eigenvalue weighted by Gasteiger charge is -2.31. The lowest BCUT2D eigenvalue weighted by atomic mass is 9.99. The van der Waals surface area contributed by atoms with Gasteiger partial charge in [-0.25, -0.2) is 4.98 Å². The third-order valence-electron chi connectivity index (χ3n) is 3.98. The van der Waals surface area contributed by atoms with Crippen LogP contribution in [-0.2, 0) is 9.53 Å². The maximum absolute atomic E-state index is 11.9. The monoisotopic (exact) mass is 332 g/mol. The van der Waals surface area contributed by atoms with E-state index in [4.69, 9.17) is 4.74 Å². The molecule has 0 aliphatic carbocycles. The summed E-state index contributed by atoms with van der Waals surface area (Å²) in [7, 11) is 0. The molecule has 2 aromatic rings. The fourth-order valence-electron chi connectivity index (χ4n) is 2.83. The molecule has 6 heteroatoms. The molecular formula is C17H20N2O3S. The van der Waals surface area contributed by atoms with Gasteiger partial charge in [0.25, 0.3) is 0 Å². The van der Waals surface area contributed by atoms with Gasteiger partial charge in [0.15, 0.2) is 5.13 Å². The number of para-hydroxylation sites is 1. The van der Waals surface area contributed by atoms with E-state index < -0.39 is 0 Å². The molecular weight excluding hydrogens is 312 g/mol. The number of aromatic hydroxyl groups is 1. The molecule has 0 unspecified atom stereocenters. The molecule has 1 aromatic carbocycles. The van der Waals surface area contributed by atoms with Gasteiger partial charge in [-0.2, -0.15) is 0 Å². The number of anilines is 1. The maximum atomic E-state index is 11.9. The first-order valence-electron chi connectivity index (χ1n) is 7.84. The van der Waals surface area contributed by atoms with Crippen LogP contribution in [0.25, 0.3) is 11.3 Å². The number of nitrogens with zero attached hydrogens (tertiary/aromatic N) is 2. The van der Waals surface area contributed by atoms with E-state index in [1.165, 1.54) is 11.3 Å². The van der Waals surface area contributed by atoms with Crippen LogP contribution in [0.3, 0.4) is 0 Å². The Labute approximate surface area is 139 Å². The van der Waals surface area contributed by atoms with Gasteiger partial charge in [-0.15, -0.1) is 11.3 Å². The topological polar surface area (TPSA) is 62.7 Å². The molecule has 1 aliphatic rings. The average Bonchev–Trinajstić information content (AvgIpc) is 3.05. The first-order chi connectivity index (χ1) is 11.2. The second-order valence-corrected chi connectivity index (χ2v) is 6.41. The van der Waals surface area contributed by atoms with Gasteiger partial charge in [-0.1, -0.05) is 12.1 Å². The molecule has 0 saturated carbocycles. The first kappa shape index (κ1) is 15.8. The number of ether oxygens (including phenoxy) is 1. The Morgan fingerprint density at radius 1 is 1.48 bits per heavy atom. The summed E-state index contributed by atoms with van der Waals surface area (Å²) in [5, 5.41) is 12.8. The van der Waals surface area contributed by atoms with Gasteiger partial charge in [0.2, 0.25) is 0 Å². The van der Waals surface area contributed by atoms with Crippen LogP contribution in [0.5, 0.6) is 5.75 Å². The predicted molar refractivity (Wildman–Crippen MR) is 90.8 cm³/mol. The SMILES string of the molecule is CCOC(=O)[C@H]1CCCN(c2nc(-c3ccccc3O)cs2)C1. The Hall–Kier alpha value is -2.08. The zero-order chi connectivity index (χ0) is 16.2. The largest absolute Gasteiger partial charge is 0.507 e. The number of benzene rings is 1. The molecule has 0 radical (unpaired) electrons. The van der Waals surface area contributed by atoms with Gasteiger partial charge >= 0.3 is 5.97 Å². The van der Waals surface area contributed by atoms with E-state index in [2.05, 4.69) is 9.88 Å². The van der Waals surface area contributed by atoms with Gasteiger partial charge in [0.1, 0.15) is 5.75 Å². The summed E-state index contributed by atoms with van der Waals surface area (Å²) in [6.07, 6.45) is 1.82. The van der Waals surface area contributed by atoms with E-state index >= 15 is 0 Å². The molecule has 1 fully saturated rings. The number of carbonyl (C=O) groups is 1. The van der Waals surface area contributed by atoms with Gasteiger partial charge in [-0.05, 0) is 31.9 Å². The van der Waals surface area contributed by atoms with Crippen LogP contribution in [-0.4, -0.2) is 35.8 Å². The summed E-state index contributed by atoms with van der Waals surface area (Å²) in [6, 6.07) is 7.18. The number of hydrogen-bond acceptors (Lipinski definition) is 6. The van der Waals surface area contributed by atoms with Crippen LogP contribution in [0.1, 0.15) is 19.8 Å². The second-order valence-electron chi connectivity index (χ2n) is 5.57. The van der Waals surface area contributed by atoms with E-state index in [-0.39, 0.29) is 17.6 Å². The van der Waals surface area contributed by atoms with Crippen molar-refractivity contribution in [2.75, 3.05) is 24.6 Å². The highest BCUT2D eigenvalue weighted by Crippen LogP contribution is 2.34. The van der Waals surface area contributed by atoms with E-state index in [0.29, 0.717) is 13.2 Å². The number of piperidine rings is 1. The minimum atomic E-state index is -0.116. The van der Waals surface area contributed by atoms with Gasteiger partial charge < -0.3 is 14.7 Å². The zero-order valence-electron chi connectivity index (χ0n) is 13.1. The highest BCUT2D eigenvalue weighted by Gasteiger charge is 2.28. The predicted octanol–water partition coefficient (Wildman–Crippen LogP) is 3.30. The molecule has 1 aromatic heterocycles. The normalized spacial score (nSPS) is 18.0. The van der Waals surface area contributed by atoms with Crippen molar-refractivity contribution in [3.8, 4) is 17.0 Å². The molecule has 1 atom stereocenters. The quantitative estimate of drug-likeness (QED) is 0.871. The van der Waals surface area contributed by atoms with E-state index in [0.717, 1.165) is 35.8 Å². The van der Waals surface area contributed by atoms with Crippen LogP contribution in [0.15, 0.2) is 29.6 Å². The lowest BCUT2D eigenvalue weighted by Crippen LogP contribution is -2.39. The fraction of sp³-hybridized carbons (Fsp3) is 0.412. The molecule has 23 heavy (non-hydrogen) atoms. The van der Waals surface area contributed by atoms with Gasteiger partial charge in [-0.3, -0.25) is 4.79 Å². The zero-order valence-corrected chi connectivity index (χ0v) is 13.9. The molecule has 0 amide bonds. The highest BCUT2D eigenvalue weighted by molar-refractivity contribution is 7.14. The Morgan fingerprint density at radius 2 is 2.30 bits per heavy atom. The Kier molecular flexibility index (Phi) is 4.81. The third kappa shape index (κ3) is 3.47. The average molecular weight is 332 g/mol. The number of carbonyl (C=O) groups excluding carboxylic acids is 1. The van der Waals surface area contributed by atoms with Crippen LogP contribution in [0, 0.1) is 5.92 Å². The number of phenolic OH excluding ortho intramolecular Hbond substituents is 1. The number of phenols is 1. The molecule has 1 aliphatic heterocycles. The smallest absolute Gasteiger partial charge is 0.310 e. The third-order valence-corrected chi connectivity index (χ3v) is 4.89. The van der Waals surface area contributed by atoms with Crippen molar-refractivity contribution >= 4 is 22.4 Å².